The number of rotatable bonds is 26. The minimum atomic E-state index is -1.73. The van der Waals surface area contributed by atoms with Crippen LogP contribution in [0.5, 0.6) is 0 Å². The van der Waals surface area contributed by atoms with Gasteiger partial charge in [0.1, 0.15) is 12.1 Å². The molecule has 30 nitrogen and oxygen atoms in total. The fraction of sp³-hybridized carbons (Fsp3) is 0.684. The maximum Gasteiger partial charge on any atom is 0.475 e. The lowest BCUT2D eigenvalue weighted by atomic mass is 9.78. The van der Waals surface area contributed by atoms with E-state index in [2.05, 4.69) is 37.2 Å². The van der Waals surface area contributed by atoms with E-state index >= 15 is 0 Å². The smallest absolute Gasteiger partial charge is 0.475 e. The van der Waals surface area contributed by atoms with Crippen LogP contribution in [-0.2, 0) is 57.5 Å². The molecule has 1 unspecified atom stereocenters. The van der Waals surface area contributed by atoms with Gasteiger partial charge < -0.3 is 72.6 Å². The highest BCUT2D eigenvalue weighted by Crippen LogP contribution is 2.19. The van der Waals surface area contributed by atoms with Crippen LogP contribution in [0.15, 0.2) is 0 Å². The average Bonchev–Trinajstić information content (AvgIpc) is 3.78. The molecule has 13 N–H and O–H groups in total. The Bertz CT molecular complexity index is 1810. The van der Waals surface area contributed by atoms with Crippen molar-refractivity contribution in [1.82, 2.24) is 61.7 Å². The number of hydrogen-bond acceptors (Lipinski definition) is 18. The molecule has 2 heterocycles. The van der Waals surface area contributed by atoms with Gasteiger partial charge in [-0.2, -0.15) is 0 Å². The van der Waals surface area contributed by atoms with Crippen molar-refractivity contribution in [2.75, 3.05) is 118 Å². The largest absolute Gasteiger partial charge is 0.480 e. The zero-order valence-corrected chi connectivity index (χ0v) is 38.2. The zero-order valence-electron chi connectivity index (χ0n) is 38.2. The number of carbonyl (C=O) groups excluding carboxylic acids is 8. The Morgan fingerprint density at radius 1 is 0.507 bits per heavy atom. The third-order valence-electron chi connectivity index (χ3n) is 10.7. The van der Waals surface area contributed by atoms with E-state index in [1.165, 1.54) is 26.5 Å². The van der Waals surface area contributed by atoms with E-state index < -0.39 is 149 Å². The number of carbonyl (C=O) groups is 12. The monoisotopic (exact) mass is 986 g/mol. The molecule has 69 heavy (non-hydrogen) atoms. The third kappa shape index (κ3) is 24.4. The SMILES string of the molecule is C[C@@H](NC(=O)CNC(=O)CNC(=O)CNC(=O)CNC(=O)CNC(=O)CNC(=O)CCC(C(=O)O)N1CCN(CC(=O)O)CCN(CC(=O)O)CCN(CC(=O)O)CC1)C(=O)N1CCC[C@H]1B(O)O. The van der Waals surface area contributed by atoms with Gasteiger partial charge in [-0.15, -0.1) is 0 Å². The van der Waals surface area contributed by atoms with Gasteiger partial charge in [-0.05, 0) is 26.2 Å². The molecule has 0 aromatic carbocycles. The highest BCUT2D eigenvalue weighted by molar-refractivity contribution is 6.43. The van der Waals surface area contributed by atoms with E-state index in [0.29, 0.717) is 12.8 Å². The molecule has 386 valence electrons. The molecule has 0 radical (unpaired) electrons. The number of likely N-dealkylation sites (tertiary alicyclic amines) is 1. The fourth-order valence-corrected chi connectivity index (χ4v) is 7.10. The van der Waals surface area contributed by atoms with Crippen molar-refractivity contribution >= 4 is 78.3 Å². The van der Waals surface area contributed by atoms with Crippen LogP contribution < -0.4 is 37.2 Å². The molecule has 0 saturated carbocycles. The lowest BCUT2D eigenvalue weighted by molar-refractivity contribution is -0.145. The van der Waals surface area contributed by atoms with Gasteiger partial charge in [0.05, 0.1) is 64.8 Å². The maximum atomic E-state index is 12.7. The topological polar surface area (TPSA) is 427 Å². The summed E-state index contributed by atoms with van der Waals surface area (Å²) in [6.45, 7) is -2.52. The first-order valence-corrected chi connectivity index (χ1v) is 21.9. The van der Waals surface area contributed by atoms with Crippen LogP contribution in [0, 0.1) is 0 Å². The van der Waals surface area contributed by atoms with E-state index in [9.17, 15) is 88.0 Å². The number of hydrogen-bond donors (Lipinski definition) is 13. The van der Waals surface area contributed by atoms with E-state index in [1.807, 2.05) is 0 Å². The molecule has 2 aliphatic rings. The molecule has 0 aromatic heterocycles. The molecular weight excluding hydrogens is 923 g/mol. The molecular formula is C38H63BN12O18. The second kappa shape index (κ2) is 30.8. The van der Waals surface area contributed by atoms with E-state index in [1.54, 1.807) is 4.90 Å². The van der Waals surface area contributed by atoms with Crippen LogP contribution >= 0.6 is 0 Å². The summed E-state index contributed by atoms with van der Waals surface area (Å²) in [6.07, 6.45) is 0.307. The van der Waals surface area contributed by atoms with E-state index in [0.717, 1.165) is 0 Å². The summed E-state index contributed by atoms with van der Waals surface area (Å²) >= 11 is 0. The predicted molar refractivity (Wildman–Crippen MR) is 235 cm³/mol. The number of amides is 8. The maximum absolute atomic E-state index is 12.7. The van der Waals surface area contributed by atoms with Gasteiger partial charge in [-0.3, -0.25) is 77.1 Å². The van der Waals surface area contributed by atoms with Crippen LogP contribution in [0.1, 0.15) is 32.6 Å². The van der Waals surface area contributed by atoms with Gasteiger partial charge in [0.15, 0.2) is 0 Å². The molecule has 3 atom stereocenters. The van der Waals surface area contributed by atoms with E-state index in [-0.39, 0.29) is 78.3 Å². The molecule has 2 saturated heterocycles. The summed E-state index contributed by atoms with van der Waals surface area (Å²) in [6, 6.07) is -2.31. The molecule has 8 amide bonds. The minimum absolute atomic E-state index is 0.00691. The molecule has 2 aliphatic heterocycles. The van der Waals surface area contributed by atoms with Crippen LogP contribution in [0.2, 0.25) is 0 Å². The van der Waals surface area contributed by atoms with Crippen LogP contribution in [-0.4, -0.2) is 269 Å². The summed E-state index contributed by atoms with van der Waals surface area (Å²) in [4.78, 5) is 153. The standard InChI is InChI=1S/C38H63BN12O18/c1-24(37(65)51-6-2-3-26(51)39(68)69)46-33(58)20-45-32(57)19-44-31(56)18-43-30(55)17-42-29(54)16-41-28(53)15-40-27(52)5-4-25(38(66)67)50-13-11-48(22-35(61)62)9-7-47(21-34(59)60)8-10-49(12-14-50)23-36(63)64/h24-26,68-69H,2-23H2,1H3,(H,40,52)(H,41,53)(H,42,54)(H,43,55)(H,44,56)(H,45,57)(H,46,58)(H,59,60)(H,61,62)(H,63,64)(H,66,67)/t24-,25?,26+/m1/s1. The predicted octanol–water partition coefficient (Wildman–Crippen LogP) is -9.10. The summed E-state index contributed by atoms with van der Waals surface area (Å²) in [5.41, 5.74) is 0. The van der Waals surface area contributed by atoms with E-state index in [4.69, 9.17) is 0 Å². The quantitative estimate of drug-likeness (QED) is 0.0358. The van der Waals surface area contributed by atoms with Crippen molar-refractivity contribution in [3.63, 3.8) is 0 Å². The third-order valence-corrected chi connectivity index (χ3v) is 10.7. The van der Waals surface area contributed by atoms with Crippen LogP contribution in [0.4, 0.5) is 0 Å². The van der Waals surface area contributed by atoms with Crippen LogP contribution in [0.25, 0.3) is 0 Å². The van der Waals surface area contributed by atoms with Gasteiger partial charge in [0.2, 0.25) is 47.3 Å². The number of aliphatic carboxylic acids is 4. The molecule has 0 spiro atoms. The number of nitrogens with one attached hydrogen (secondary N) is 7. The first kappa shape index (κ1) is 58.6. The summed E-state index contributed by atoms with van der Waals surface area (Å²) in [5.74, 6) is -11.6. The molecule has 0 aliphatic carbocycles. The first-order valence-electron chi connectivity index (χ1n) is 21.9. The van der Waals surface area contributed by atoms with Crippen LogP contribution in [0.3, 0.4) is 0 Å². The molecule has 0 bridgehead atoms. The van der Waals surface area contributed by atoms with Gasteiger partial charge in [-0.25, -0.2) is 0 Å². The second-order valence-corrected chi connectivity index (χ2v) is 16.0. The number of carboxylic acids is 4. The van der Waals surface area contributed by atoms with Crippen molar-refractivity contribution < 1.29 is 88.0 Å². The Morgan fingerprint density at radius 3 is 1.20 bits per heavy atom. The Balaban J connectivity index is 1.72. The summed E-state index contributed by atoms with van der Waals surface area (Å²) in [5, 5.41) is 73.0. The summed E-state index contributed by atoms with van der Waals surface area (Å²) < 4.78 is 0. The Hall–Kier alpha value is -6.54. The van der Waals surface area contributed by atoms with Gasteiger partial charge >= 0.3 is 31.0 Å². The van der Waals surface area contributed by atoms with Crippen molar-refractivity contribution in [1.29, 1.82) is 0 Å². The summed E-state index contributed by atoms with van der Waals surface area (Å²) in [7, 11) is -1.73. The van der Waals surface area contributed by atoms with Crippen molar-refractivity contribution in [2.45, 2.75) is 50.6 Å². The normalized spacial score (nSPS) is 17.3. The molecule has 2 fully saturated rings. The van der Waals surface area contributed by atoms with Gasteiger partial charge in [0.25, 0.3) is 0 Å². The molecule has 0 aromatic rings. The first-order chi connectivity index (χ1) is 32.5. The highest BCUT2D eigenvalue weighted by Gasteiger charge is 2.38. The lowest BCUT2D eigenvalue weighted by Gasteiger charge is -2.35. The van der Waals surface area contributed by atoms with Crippen molar-refractivity contribution in [2.24, 2.45) is 0 Å². The Morgan fingerprint density at radius 2 is 0.855 bits per heavy atom. The number of carboxylic acid groups (broad SMARTS) is 4. The second-order valence-electron chi connectivity index (χ2n) is 16.0. The Kier molecular flexibility index (Phi) is 26.1. The average molecular weight is 987 g/mol. The minimum Gasteiger partial charge on any atom is -0.480 e. The lowest BCUT2D eigenvalue weighted by Crippen LogP contribution is -2.54. The zero-order chi connectivity index (χ0) is 51.6. The Labute approximate surface area is 395 Å². The highest BCUT2D eigenvalue weighted by atomic mass is 16.4. The molecule has 31 heteroatoms. The van der Waals surface area contributed by atoms with Gasteiger partial charge in [0, 0.05) is 65.3 Å². The molecule has 2 rings (SSSR count). The van der Waals surface area contributed by atoms with Crippen molar-refractivity contribution in [3.05, 3.63) is 0 Å². The number of nitrogens with zero attached hydrogens (tertiary/aromatic N) is 5. The van der Waals surface area contributed by atoms with Crippen molar-refractivity contribution in [3.8, 4) is 0 Å². The fourth-order valence-electron chi connectivity index (χ4n) is 7.10. The van der Waals surface area contributed by atoms with Gasteiger partial charge in [-0.1, -0.05) is 0 Å².